The third-order valence-corrected chi connectivity index (χ3v) is 2.90. The van der Waals surface area contributed by atoms with Crippen molar-refractivity contribution < 1.29 is 9.90 Å². The number of hydrogen-bond donors (Lipinski definition) is 1. The molecule has 3 heterocycles. The Balaban J connectivity index is 2.09. The van der Waals surface area contributed by atoms with Crippen molar-refractivity contribution in [3.05, 3.63) is 54.7 Å². The van der Waals surface area contributed by atoms with Crippen LogP contribution in [0, 0.1) is 0 Å². The van der Waals surface area contributed by atoms with E-state index in [0.29, 0.717) is 5.69 Å². The average molecular weight is 253 g/mol. The summed E-state index contributed by atoms with van der Waals surface area (Å²) in [6.45, 7) is 0. The minimum Gasteiger partial charge on any atom is -0.481 e. The van der Waals surface area contributed by atoms with Crippen LogP contribution in [0.15, 0.2) is 49.1 Å². The molecular formula is C14H11N3O2. The molecule has 3 rings (SSSR count). The van der Waals surface area contributed by atoms with Crippen LogP contribution in [-0.2, 0) is 11.2 Å². The number of hydrogen-bond acceptors (Lipinski definition) is 3. The van der Waals surface area contributed by atoms with Gasteiger partial charge in [0.1, 0.15) is 0 Å². The Hall–Kier alpha value is -2.69. The second-order valence-corrected chi connectivity index (χ2v) is 4.20. The SMILES string of the molecule is O=C(O)Cc1cc(-c2ccc3cnccn23)ccn1. The van der Waals surface area contributed by atoms with Crippen LogP contribution in [0.3, 0.4) is 0 Å². The van der Waals surface area contributed by atoms with Crippen LogP contribution in [0.2, 0.25) is 0 Å². The van der Waals surface area contributed by atoms with Gasteiger partial charge < -0.3 is 9.51 Å². The van der Waals surface area contributed by atoms with Gasteiger partial charge in [-0.3, -0.25) is 14.8 Å². The minimum atomic E-state index is -0.881. The van der Waals surface area contributed by atoms with E-state index in [1.807, 2.05) is 28.8 Å². The zero-order valence-corrected chi connectivity index (χ0v) is 10.0. The summed E-state index contributed by atoms with van der Waals surface area (Å²) in [6.07, 6.45) is 6.94. The van der Waals surface area contributed by atoms with E-state index >= 15 is 0 Å². The number of carboxylic acid groups (broad SMARTS) is 1. The molecule has 0 aliphatic carbocycles. The molecule has 5 heteroatoms. The van der Waals surface area contributed by atoms with Crippen LogP contribution >= 0.6 is 0 Å². The fourth-order valence-corrected chi connectivity index (χ4v) is 2.08. The third-order valence-electron chi connectivity index (χ3n) is 2.90. The van der Waals surface area contributed by atoms with Gasteiger partial charge in [0.2, 0.25) is 0 Å². The molecular weight excluding hydrogens is 242 g/mol. The molecule has 19 heavy (non-hydrogen) atoms. The predicted molar refractivity (Wildman–Crippen MR) is 69.8 cm³/mol. The second-order valence-electron chi connectivity index (χ2n) is 4.20. The highest BCUT2D eigenvalue weighted by Crippen LogP contribution is 2.22. The quantitative estimate of drug-likeness (QED) is 0.775. The molecule has 3 aromatic rings. The van der Waals surface area contributed by atoms with Gasteiger partial charge in [-0.25, -0.2) is 0 Å². The van der Waals surface area contributed by atoms with E-state index < -0.39 is 5.97 Å². The lowest BCUT2D eigenvalue weighted by atomic mass is 10.1. The zero-order chi connectivity index (χ0) is 13.2. The van der Waals surface area contributed by atoms with Crippen molar-refractivity contribution in [1.82, 2.24) is 14.4 Å². The maximum Gasteiger partial charge on any atom is 0.309 e. The Kier molecular flexibility index (Phi) is 2.72. The number of rotatable bonds is 3. The Morgan fingerprint density at radius 3 is 3.00 bits per heavy atom. The highest BCUT2D eigenvalue weighted by molar-refractivity contribution is 5.71. The van der Waals surface area contributed by atoms with Crippen LogP contribution in [-0.4, -0.2) is 25.4 Å². The molecule has 0 aliphatic heterocycles. The van der Waals surface area contributed by atoms with Gasteiger partial charge >= 0.3 is 5.97 Å². The molecule has 0 saturated heterocycles. The first kappa shape index (κ1) is 11.4. The molecule has 0 atom stereocenters. The van der Waals surface area contributed by atoms with E-state index in [1.165, 1.54) is 0 Å². The van der Waals surface area contributed by atoms with Crippen molar-refractivity contribution in [2.45, 2.75) is 6.42 Å². The molecule has 1 N–H and O–H groups in total. The van der Waals surface area contributed by atoms with Crippen molar-refractivity contribution in [2.75, 3.05) is 0 Å². The smallest absolute Gasteiger partial charge is 0.309 e. The highest BCUT2D eigenvalue weighted by atomic mass is 16.4. The maximum absolute atomic E-state index is 10.7. The lowest BCUT2D eigenvalue weighted by Gasteiger charge is -2.04. The van der Waals surface area contributed by atoms with Crippen LogP contribution in [0.1, 0.15) is 5.69 Å². The monoisotopic (exact) mass is 253 g/mol. The summed E-state index contributed by atoms with van der Waals surface area (Å²) in [5, 5.41) is 8.81. The van der Waals surface area contributed by atoms with Crippen molar-refractivity contribution in [3.63, 3.8) is 0 Å². The summed E-state index contributed by atoms with van der Waals surface area (Å²) in [6, 6.07) is 7.63. The van der Waals surface area contributed by atoms with E-state index in [2.05, 4.69) is 9.97 Å². The first-order chi connectivity index (χ1) is 9.24. The van der Waals surface area contributed by atoms with Gasteiger partial charge in [-0.15, -0.1) is 0 Å². The third kappa shape index (κ3) is 2.18. The van der Waals surface area contributed by atoms with Crippen molar-refractivity contribution >= 4 is 11.5 Å². The molecule has 0 unspecified atom stereocenters. The fraction of sp³-hybridized carbons (Fsp3) is 0.0714. The summed E-state index contributed by atoms with van der Waals surface area (Å²) in [7, 11) is 0. The van der Waals surface area contributed by atoms with Crippen LogP contribution in [0.25, 0.3) is 16.8 Å². The number of nitrogens with zero attached hydrogens (tertiary/aromatic N) is 3. The van der Waals surface area contributed by atoms with Crippen molar-refractivity contribution in [1.29, 1.82) is 0 Å². The summed E-state index contributed by atoms with van der Waals surface area (Å²) < 4.78 is 2.01. The van der Waals surface area contributed by atoms with Crippen LogP contribution in [0.5, 0.6) is 0 Å². The Morgan fingerprint density at radius 2 is 2.16 bits per heavy atom. The first-order valence-electron chi connectivity index (χ1n) is 5.82. The standard InChI is InChI=1S/C14H11N3O2/c18-14(19)8-11-7-10(3-4-16-11)13-2-1-12-9-15-5-6-17(12)13/h1-7,9H,8H2,(H,18,19). The summed E-state index contributed by atoms with van der Waals surface area (Å²) in [4.78, 5) is 18.9. The van der Waals surface area contributed by atoms with Gasteiger partial charge in [0, 0.05) is 24.2 Å². The maximum atomic E-state index is 10.7. The molecule has 3 aromatic heterocycles. The summed E-state index contributed by atoms with van der Waals surface area (Å²) in [5.41, 5.74) is 3.48. The van der Waals surface area contributed by atoms with Gasteiger partial charge in [0.05, 0.1) is 29.5 Å². The summed E-state index contributed by atoms with van der Waals surface area (Å²) in [5.74, 6) is -0.881. The average Bonchev–Trinajstić information content (AvgIpc) is 2.82. The van der Waals surface area contributed by atoms with Crippen molar-refractivity contribution in [3.8, 4) is 11.3 Å². The number of aromatic nitrogens is 3. The normalized spacial score (nSPS) is 10.7. The molecule has 5 nitrogen and oxygen atoms in total. The highest BCUT2D eigenvalue weighted by Gasteiger charge is 2.07. The van der Waals surface area contributed by atoms with E-state index in [1.54, 1.807) is 24.7 Å². The lowest BCUT2D eigenvalue weighted by molar-refractivity contribution is -0.136. The van der Waals surface area contributed by atoms with Gasteiger partial charge in [-0.1, -0.05) is 0 Å². The second kappa shape index (κ2) is 4.53. The number of carboxylic acids is 1. The Bertz CT molecular complexity index is 749. The molecule has 0 bridgehead atoms. The first-order valence-corrected chi connectivity index (χ1v) is 5.82. The number of aliphatic carboxylic acids is 1. The Morgan fingerprint density at radius 1 is 1.26 bits per heavy atom. The number of fused-ring (bicyclic) bond motifs is 1. The molecule has 0 aliphatic rings. The van der Waals surface area contributed by atoms with Gasteiger partial charge in [-0.2, -0.15) is 0 Å². The molecule has 0 radical (unpaired) electrons. The van der Waals surface area contributed by atoms with Crippen LogP contribution < -0.4 is 0 Å². The van der Waals surface area contributed by atoms with E-state index in [9.17, 15) is 4.79 Å². The molecule has 0 aromatic carbocycles. The van der Waals surface area contributed by atoms with Crippen molar-refractivity contribution in [2.24, 2.45) is 0 Å². The van der Waals surface area contributed by atoms with Gasteiger partial charge in [-0.05, 0) is 24.3 Å². The van der Waals surface area contributed by atoms with Crippen LogP contribution in [0.4, 0.5) is 0 Å². The number of carbonyl (C=O) groups is 1. The molecule has 94 valence electrons. The molecule has 0 amide bonds. The largest absolute Gasteiger partial charge is 0.481 e. The Labute approximate surface area is 109 Å². The molecule has 0 spiro atoms. The topological polar surface area (TPSA) is 67.5 Å². The van der Waals surface area contributed by atoms with E-state index in [0.717, 1.165) is 16.8 Å². The van der Waals surface area contributed by atoms with E-state index in [4.69, 9.17) is 5.11 Å². The zero-order valence-electron chi connectivity index (χ0n) is 10.0. The van der Waals surface area contributed by atoms with E-state index in [-0.39, 0.29) is 6.42 Å². The van der Waals surface area contributed by atoms with Gasteiger partial charge in [0.25, 0.3) is 0 Å². The predicted octanol–water partition coefficient (Wildman–Crippen LogP) is 2.02. The molecule has 0 saturated carbocycles. The fourth-order valence-electron chi connectivity index (χ4n) is 2.08. The molecule has 0 fully saturated rings. The summed E-state index contributed by atoms with van der Waals surface area (Å²) >= 11 is 0. The number of pyridine rings is 1. The lowest BCUT2D eigenvalue weighted by Crippen LogP contribution is -2.02. The minimum absolute atomic E-state index is 0.0707. The van der Waals surface area contributed by atoms with Gasteiger partial charge in [0.15, 0.2) is 0 Å².